The highest BCUT2D eigenvalue weighted by atomic mass is 16.5. The van der Waals surface area contributed by atoms with E-state index < -0.39 is 12.3 Å². The summed E-state index contributed by atoms with van der Waals surface area (Å²) in [6, 6.07) is 11.0. The van der Waals surface area contributed by atoms with E-state index in [1.165, 1.54) is 18.2 Å². The van der Waals surface area contributed by atoms with Gasteiger partial charge in [0.1, 0.15) is 12.4 Å². The summed E-state index contributed by atoms with van der Waals surface area (Å²) in [6.45, 7) is 0.236. The maximum atomic E-state index is 12.6. The first kappa shape index (κ1) is 10.2. The molecule has 0 unspecified atom stereocenters. The van der Waals surface area contributed by atoms with Crippen molar-refractivity contribution in [3.05, 3.63) is 64.7 Å². The molecule has 3 rings (SSSR count). The summed E-state index contributed by atoms with van der Waals surface area (Å²) in [6.07, 6.45) is -2.57. The van der Waals surface area contributed by atoms with Crippen molar-refractivity contribution in [2.75, 3.05) is 0 Å². The molecule has 2 aromatic rings. The lowest BCUT2D eigenvalue weighted by molar-refractivity contribution is -0.136. The van der Waals surface area contributed by atoms with Crippen molar-refractivity contribution < 1.29 is 22.2 Å². The van der Waals surface area contributed by atoms with E-state index in [0.717, 1.165) is 5.56 Å². The number of ketones is 1. The monoisotopic (exact) mass is 270 g/mol. The van der Waals surface area contributed by atoms with Gasteiger partial charge in [-0.25, -0.2) is 0 Å². The van der Waals surface area contributed by atoms with Gasteiger partial charge in [-0.2, -0.15) is 0 Å². The van der Waals surface area contributed by atoms with Crippen LogP contribution in [0.5, 0.6) is 5.75 Å². The molecule has 4 nitrogen and oxygen atoms in total. The molecule has 4 heteroatoms. The third-order valence-electron chi connectivity index (χ3n) is 3.12. The second-order valence-electron chi connectivity index (χ2n) is 4.42. The zero-order valence-corrected chi connectivity index (χ0v) is 10.4. The van der Waals surface area contributed by atoms with E-state index >= 15 is 0 Å². The summed E-state index contributed by atoms with van der Waals surface area (Å²) >= 11 is 0. The molecular formula is C16H12O4. The molecule has 1 N–H and O–H groups in total. The standard InChI is InChI=1S/C16H12O4/c17-15(18)8-10-5-6-14-13(7-10)16(19)12-4-2-1-3-11(12)9-20-14/h1-7H,8-9H2,(H,17,18)/i8D2. The van der Waals surface area contributed by atoms with E-state index in [0.29, 0.717) is 11.3 Å². The molecule has 0 aromatic heterocycles. The Balaban J connectivity index is 2.14. The molecule has 0 atom stereocenters. The molecule has 0 fully saturated rings. The zero-order valence-electron chi connectivity index (χ0n) is 12.4. The molecule has 2 aromatic carbocycles. The SMILES string of the molecule is [2H]C([2H])(C(=O)O)c1ccc2c(c1)C(=O)c1ccccc1CO2. The van der Waals surface area contributed by atoms with Crippen LogP contribution in [0.3, 0.4) is 0 Å². The van der Waals surface area contributed by atoms with Gasteiger partial charge in [-0.05, 0) is 17.7 Å². The molecule has 0 aliphatic carbocycles. The van der Waals surface area contributed by atoms with Crippen LogP contribution in [0.4, 0.5) is 0 Å². The lowest BCUT2D eigenvalue weighted by atomic mass is 9.97. The number of aliphatic carboxylic acids is 1. The molecule has 0 radical (unpaired) electrons. The van der Waals surface area contributed by atoms with E-state index in [2.05, 4.69) is 0 Å². The molecule has 20 heavy (non-hydrogen) atoms. The number of carbonyl (C=O) groups excluding carboxylic acids is 1. The Bertz CT molecular complexity index is 783. The summed E-state index contributed by atoms with van der Waals surface area (Å²) in [4.78, 5) is 23.7. The van der Waals surface area contributed by atoms with Crippen molar-refractivity contribution in [1.82, 2.24) is 0 Å². The first-order valence-electron chi connectivity index (χ1n) is 7.04. The van der Waals surface area contributed by atoms with Crippen LogP contribution in [0.2, 0.25) is 0 Å². The van der Waals surface area contributed by atoms with Crippen LogP contribution in [-0.2, 0) is 17.8 Å². The van der Waals surface area contributed by atoms with Gasteiger partial charge in [0.25, 0.3) is 0 Å². The number of fused-ring (bicyclic) bond motifs is 2. The van der Waals surface area contributed by atoms with Gasteiger partial charge >= 0.3 is 5.97 Å². The molecule has 1 aliphatic heterocycles. The minimum Gasteiger partial charge on any atom is -0.488 e. The van der Waals surface area contributed by atoms with Crippen molar-refractivity contribution >= 4 is 11.8 Å². The van der Waals surface area contributed by atoms with Crippen LogP contribution < -0.4 is 4.74 Å². The second-order valence-corrected chi connectivity index (χ2v) is 4.42. The summed E-state index contributed by atoms with van der Waals surface area (Å²) in [5.41, 5.74) is 1.31. The number of rotatable bonds is 2. The number of carboxylic acids is 1. The topological polar surface area (TPSA) is 63.6 Å². The van der Waals surface area contributed by atoms with Gasteiger partial charge in [0.05, 0.1) is 11.9 Å². The van der Waals surface area contributed by atoms with E-state index in [4.69, 9.17) is 12.6 Å². The molecule has 0 bridgehead atoms. The van der Waals surface area contributed by atoms with E-state index in [1.54, 1.807) is 24.3 Å². The van der Waals surface area contributed by atoms with Gasteiger partial charge in [0, 0.05) is 13.9 Å². The zero-order chi connectivity index (χ0) is 15.9. The predicted molar refractivity (Wildman–Crippen MR) is 72.0 cm³/mol. The average molecular weight is 270 g/mol. The number of carboxylic acid groups (broad SMARTS) is 1. The first-order chi connectivity index (χ1) is 10.4. The van der Waals surface area contributed by atoms with E-state index in [-0.39, 0.29) is 23.5 Å². The van der Waals surface area contributed by atoms with Crippen LogP contribution >= 0.6 is 0 Å². The minimum atomic E-state index is -2.57. The minimum absolute atomic E-state index is 0.0879. The van der Waals surface area contributed by atoms with Crippen LogP contribution in [0.15, 0.2) is 42.5 Å². The highest BCUT2D eigenvalue weighted by Gasteiger charge is 2.22. The van der Waals surface area contributed by atoms with Gasteiger partial charge < -0.3 is 9.84 Å². The fourth-order valence-corrected chi connectivity index (χ4v) is 2.20. The van der Waals surface area contributed by atoms with Gasteiger partial charge in [0.15, 0.2) is 5.78 Å². The summed E-state index contributed by atoms with van der Waals surface area (Å²) in [7, 11) is 0. The van der Waals surface area contributed by atoms with Crippen molar-refractivity contribution in [3.63, 3.8) is 0 Å². The molecule has 0 saturated heterocycles. The van der Waals surface area contributed by atoms with Crippen LogP contribution in [0.1, 0.15) is 29.8 Å². The van der Waals surface area contributed by atoms with Crippen molar-refractivity contribution in [1.29, 1.82) is 0 Å². The van der Waals surface area contributed by atoms with Crippen LogP contribution in [0, 0.1) is 0 Å². The highest BCUT2D eigenvalue weighted by Crippen LogP contribution is 2.29. The lowest BCUT2D eigenvalue weighted by Crippen LogP contribution is -2.05. The Kier molecular flexibility index (Phi) is 2.45. The van der Waals surface area contributed by atoms with Gasteiger partial charge in [-0.1, -0.05) is 30.3 Å². The number of ether oxygens (including phenoxy) is 1. The Morgan fingerprint density at radius 3 is 2.85 bits per heavy atom. The van der Waals surface area contributed by atoms with Gasteiger partial charge in [0.2, 0.25) is 0 Å². The lowest BCUT2D eigenvalue weighted by Gasteiger charge is -2.07. The average Bonchev–Trinajstić information content (AvgIpc) is 2.65. The largest absolute Gasteiger partial charge is 0.488 e. The van der Waals surface area contributed by atoms with Gasteiger partial charge in [-0.3, -0.25) is 9.59 Å². The molecule has 100 valence electrons. The quantitative estimate of drug-likeness (QED) is 0.910. The molecule has 1 heterocycles. The molecule has 0 amide bonds. The highest BCUT2D eigenvalue weighted by molar-refractivity contribution is 6.12. The Morgan fingerprint density at radius 2 is 2.05 bits per heavy atom. The van der Waals surface area contributed by atoms with Crippen molar-refractivity contribution in [2.45, 2.75) is 13.0 Å². The summed E-state index contributed by atoms with van der Waals surface area (Å²) < 4.78 is 20.8. The Hall–Kier alpha value is -2.62. The first-order valence-corrected chi connectivity index (χ1v) is 6.04. The molecule has 0 saturated carbocycles. The molecule has 1 aliphatic rings. The van der Waals surface area contributed by atoms with E-state index in [1.807, 2.05) is 0 Å². The van der Waals surface area contributed by atoms with Gasteiger partial charge in [-0.15, -0.1) is 0 Å². The maximum absolute atomic E-state index is 12.6. The third kappa shape index (κ3) is 2.16. The van der Waals surface area contributed by atoms with Crippen molar-refractivity contribution in [2.24, 2.45) is 0 Å². The number of hydrogen-bond acceptors (Lipinski definition) is 3. The van der Waals surface area contributed by atoms with Crippen molar-refractivity contribution in [3.8, 4) is 5.75 Å². The fourth-order valence-electron chi connectivity index (χ4n) is 2.20. The van der Waals surface area contributed by atoms with Crippen LogP contribution in [0.25, 0.3) is 0 Å². The molecular weight excluding hydrogens is 256 g/mol. The maximum Gasteiger partial charge on any atom is 0.307 e. The summed E-state index contributed by atoms with van der Waals surface area (Å²) in [5.74, 6) is -1.58. The van der Waals surface area contributed by atoms with Crippen LogP contribution in [-0.4, -0.2) is 16.9 Å². The molecule has 0 spiro atoms. The third-order valence-corrected chi connectivity index (χ3v) is 3.12. The fraction of sp³-hybridized carbons (Fsp3) is 0.125. The number of benzene rings is 2. The number of carbonyl (C=O) groups is 2. The smallest absolute Gasteiger partial charge is 0.307 e. The van der Waals surface area contributed by atoms with E-state index in [9.17, 15) is 9.59 Å². The second kappa shape index (κ2) is 4.81. The number of hydrogen-bond donors (Lipinski definition) is 1. The summed E-state index contributed by atoms with van der Waals surface area (Å²) in [5, 5.41) is 8.99. The predicted octanol–water partition coefficient (Wildman–Crippen LogP) is 2.44. The Morgan fingerprint density at radius 1 is 1.25 bits per heavy atom. The normalized spacial score (nSPS) is 15.1. The Labute approximate surface area is 118 Å².